The van der Waals surface area contributed by atoms with Crippen molar-refractivity contribution in [3.63, 3.8) is 0 Å². The fourth-order valence-electron chi connectivity index (χ4n) is 2.27. The molecule has 104 valence electrons. The van der Waals surface area contributed by atoms with Crippen LogP contribution >= 0.6 is 0 Å². The molecule has 1 aromatic rings. The summed E-state index contributed by atoms with van der Waals surface area (Å²) in [6, 6.07) is 6.18. The van der Waals surface area contributed by atoms with Crippen molar-refractivity contribution in [2.45, 2.75) is 19.8 Å². The van der Waals surface area contributed by atoms with Gasteiger partial charge in [-0.2, -0.15) is 0 Å². The standard InChI is InChI=1S/C19H18N2/c1-15-10-11-18(20-13-16-6-2-3-7-16)19(12-15)21-14-17-8-4-5-9-17/h2-6,8,10-14H,7,9H2,1H3. The highest BCUT2D eigenvalue weighted by atomic mass is 14.8. The highest BCUT2D eigenvalue weighted by molar-refractivity contribution is 5.87. The van der Waals surface area contributed by atoms with Crippen LogP contribution in [0.15, 0.2) is 75.8 Å². The first-order valence-corrected chi connectivity index (χ1v) is 7.21. The lowest BCUT2D eigenvalue weighted by atomic mass is 10.2. The fraction of sp³-hybridized carbons (Fsp3) is 0.158. The molecule has 0 radical (unpaired) electrons. The van der Waals surface area contributed by atoms with E-state index in [4.69, 9.17) is 0 Å². The van der Waals surface area contributed by atoms with E-state index in [1.165, 1.54) is 16.7 Å². The van der Waals surface area contributed by atoms with Gasteiger partial charge in [0.1, 0.15) is 0 Å². The minimum atomic E-state index is 0.913. The average Bonchev–Trinajstić information content (AvgIpc) is 3.17. The first kappa shape index (κ1) is 13.5. The Labute approximate surface area is 125 Å². The Kier molecular flexibility index (Phi) is 4.06. The Bertz CT molecular complexity index is 713. The second-order valence-corrected chi connectivity index (χ2v) is 5.26. The van der Waals surface area contributed by atoms with Gasteiger partial charge in [0, 0.05) is 12.4 Å². The van der Waals surface area contributed by atoms with Gasteiger partial charge >= 0.3 is 0 Å². The van der Waals surface area contributed by atoms with E-state index in [1.807, 2.05) is 18.5 Å². The summed E-state index contributed by atoms with van der Waals surface area (Å²) in [5.74, 6) is 0. The second-order valence-electron chi connectivity index (χ2n) is 5.26. The van der Waals surface area contributed by atoms with E-state index in [0.717, 1.165) is 24.2 Å². The second kappa shape index (κ2) is 6.31. The largest absolute Gasteiger partial charge is 0.254 e. The van der Waals surface area contributed by atoms with Gasteiger partial charge in [-0.15, -0.1) is 0 Å². The molecule has 2 nitrogen and oxygen atoms in total. The van der Waals surface area contributed by atoms with Crippen molar-refractivity contribution in [1.82, 2.24) is 0 Å². The quantitative estimate of drug-likeness (QED) is 0.676. The minimum Gasteiger partial charge on any atom is -0.254 e. The molecule has 2 heteroatoms. The van der Waals surface area contributed by atoms with Gasteiger partial charge in [-0.25, -0.2) is 0 Å². The molecule has 1 aromatic carbocycles. The fourth-order valence-corrected chi connectivity index (χ4v) is 2.27. The van der Waals surface area contributed by atoms with E-state index in [0.29, 0.717) is 0 Å². The van der Waals surface area contributed by atoms with E-state index in [-0.39, 0.29) is 0 Å². The molecule has 2 aliphatic rings. The molecule has 21 heavy (non-hydrogen) atoms. The van der Waals surface area contributed by atoms with E-state index in [1.54, 1.807) is 0 Å². The van der Waals surface area contributed by atoms with Crippen molar-refractivity contribution >= 4 is 23.8 Å². The monoisotopic (exact) mass is 274 g/mol. The van der Waals surface area contributed by atoms with Gasteiger partial charge in [0.15, 0.2) is 0 Å². The number of benzene rings is 1. The minimum absolute atomic E-state index is 0.913. The summed E-state index contributed by atoms with van der Waals surface area (Å²) in [7, 11) is 0. The van der Waals surface area contributed by atoms with Crippen LogP contribution in [0.1, 0.15) is 18.4 Å². The molecule has 0 saturated carbocycles. The summed E-state index contributed by atoms with van der Waals surface area (Å²) in [5, 5.41) is 0. The maximum atomic E-state index is 4.61. The summed E-state index contributed by atoms with van der Waals surface area (Å²) >= 11 is 0. The lowest BCUT2D eigenvalue weighted by Crippen LogP contribution is -1.82. The number of aliphatic imine (C=N–C) groups is 2. The van der Waals surface area contributed by atoms with Gasteiger partial charge in [0.05, 0.1) is 11.4 Å². The van der Waals surface area contributed by atoms with Crippen molar-refractivity contribution < 1.29 is 0 Å². The van der Waals surface area contributed by atoms with Crippen LogP contribution < -0.4 is 0 Å². The Balaban J connectivity index is 1.82. The molecule has 3 rings (SSSR count). The third-order valence-corrected chi connectivity index (χ3v) is 3.47. The molecule has 0 unspecified atom stereocenters. The molecule has 0 bridgehead atoms. The van der Waals surface area contributed by atoms with Gasteiger partial charge in [0.25, 0.3) is 0 Å². The first-order valence-electron chi connectivity index (χ1n) is 7.21. The zero-order valence-corrected chi connectivity index (χ0v) is 12.2. The number of nitrogens with zero attached hydrogens (tertiary/aromatic N) is 2. The third-order valence-electron chi connectivity index (χ3n) is 3.47. The zero-order valence-electron chi connectivity index (χ0n) is 12.2. The molecular formula is C19H18N2. The normalized spacial score (nSPS) is 17.2. The zero-order chi connectivity index (χ0) is 14.5. The Morgan fingerprint density at radius 2 is 1.48 bits per heavy atom. The van der Waals surface area contributed by atoms with Gasteiger partial charge in [-0.1, -0.05) is 42.5 Å². The maximum Gasteiger partial charge on any atom is 0.0888 e. The summed E-state index contributed by atoms with van der Waals surface area (Å²) < 4.78 is 0. The molecule has 0 atom stereocenters. The number of hydrogen-bond acceptors (Lipinski definition) is 2. The molecule has 0 fully saturated rings. The van der Waals surface area contributed by atoms with Gasteiger partial charge in [-0.3, -0.25) is 9.98 Å². The summed E-state index contributed by atoms with van der Waals surface area (Å²) in [4.78, 5) is 9.20. The molecule has 0 heterocycles. The number of allylic oxidation sites excluding steroid dienone is 8. The highest BCUT2D eigenvalue weighted by Gasteiger charge is 2.02. The van der Waals surface area contributed by atoms with Gasteiger partial charge in [0.2, 0.25) is 0 Å². The molecular weight excluding hydrogens is 256 g/mol. The van der Waals surface area contributed by atoms with Crippen LogP contribution in [-0.2, 0) is 0 Å². The average molecular weight is 274 g/mol. The topological polar surface area (TPSA) is 24.7 Å². The maximum absolute atomic E-state index is 4.61. The summed E-state index contributed by atoms with van der Waals surface area (Å²) in [5.41, 5.74) is 5.49. The Morgan fingerprint density at radius 3 is 2.05 bits per heavy atom. The van der Waals surface area contributed by atoms with Crippen molar-refractivity contribution in [2.75, 3.05) is 0 Å². The molecule has 0 aliphatic heterocycles. The van der Waals surface area contributed by atoms with Crippen molar-refractivity contribution in [2.24, 2.45) is 9.98 Å². The SMILES string of the molecule is Cc1ccc(N=CC2=CC=CC2)c(N=CC2=CC=CC2)c1. The molecule has 0 saturated heterocycles. The molecule has 0 spiro atoms. The predicted molar refractivity (Wildman–Crippen MR) is 91.2 cm³/mol. The Hall–Kier alpha value is -2.48. The number of rotatable bonds is 4. The molecule has 0 amide bonds. The third kappa shape index (κ3) is 3.54. The lowest BCUT2D eigenvalue weighted by Gasteiger charge is -2.02. The van der Waals surface area contributed by atoms with Crippen molar-refractivity contribution in [3.8, 4) is 0 Å². The van der Waals surface area contributed by atoms with Crippen LogP contribution in [0.4, 0.5) is 11.4 Å². The predicted octanol–water partition coefficient (Wildman–Crippen LogP) is 5.17. The van der Waals surface area contributed by atoms with Crippen LogP contribution in [-0.4, -0.2) is 12.4 Å². The Morgan fingerprint density at radius 1 is 0.857 bits per heavy atom. The lowest BCUT2D eigenvalue weighted by molar-refractivity contribution is 1.35. The number of hydrogen-bond donors (Lipinski definition) is 0. The molecule has 0 aromatic heterocycles. The number of aryl methyl sites for hydroxylation is 1. The van der Waals surface area contributed by atoms with Crippen LogP contribution in [0.25, 0.3) is 0 Å². The van der Waals surface area contributed by atoms with Gasteiger partial charge in [-0.05, 0) is 48.6 Å². The van der Waals surface area contributed by atoms with Crippen LogP contribution in [0.3, 0.4) is 0 Å². The molecule has 2 aliphatic carbocycles. The summed E-state index contributed by atoms with van der Waals surface area (Å²) in [6.45, 7) is 2.08. The van der Waals surface area contributed by atoms with E-state index in [9.17, 15) is 0 Å². The van der Waals surface area contributed by atoms with Crippen LogP contribution in [0, 0.1) is 6.92 Å². The van der Waals surface area contributed by atoms with Crippen molar-refractivity contribution in [3.05, 3.63) is 71.4 Å². The summed E-state index contributed by atoms with van der Waals surface area (Å²) in [6.07, 6.45) is 18.4. The van der Waals surface area contributed by atoms with Crippen LogP contribution in [0.5, 0.6) is 0 Å². The van der Waals surface area contributed by atoms with Crippen LogP contribution in [0.2, 0.25) is 0 Å². The van der Waals surface area contributed by atoms with E-state index in [2.05, 4.69) is 65.5 Å². The van der Waals surface area contributed by atoms with E-state index >= 15 is 0 Å². The van der Waals surface area contributed by atoms with Crippen molar-refractivity contribution in [1.29, 1.82) is 0 Å². The highest BCUT2D eigenvalue weighted by Crippen LogP contribution is 2.29. The smallest absolute Gasteiger partial charge is 0.0888 e. The molecule has 0 N–H and O–H groups in total. The van der Waals surface area contributed by atoms with E-state index < -0.39 is 0 Å². The van der Waals surface area contributed by atoms with Gasteiger partial charge < -0.3 is 0 Å². The first-order chi connectivity index (χ1) is 10.3.